The molecule has 0 spiro atoms. The summed E-state index contributed by atoms with van der Waals surface area (Å²) in [6, 6.07) is 52.5. The molecule has 0 aliphatic heterocycles. The number of aliphatic imine (C=N–C) groups is 2. The maximum absolute atomic E-state index is 5.56. The monoisotopic (exact) mass is 896 g/mol. The minimum absolute atomic E-state index is 0.167. The van der Waals surface area contributed by atoms with Gasteiger partial charge in [-0.25, -0.2) is 0 Å². The van der Waals surface area contributed by atoms with Gasteiger partial charge in [-0.15, -0.1) is 0 Å². The van der Waals surface area contributed by atoms with Crippen LogP contribution in [0, 0.1) is 13.8 Å². The van der Waals surface area contributed by atoms with Gasteiger partial charge in [0.15, 0.2) is 0 Å². The number of aryl methyl sites for hydroxylation is 2. The summed E-state index contributed by atoms with van der Waals surface area (Å²) >= 11 is 6.00. The summed E-state index contributed by atoms with van der Waals surface area (Å²) in [6.07, 6.45) is 0. The van der Waals surface area contributed by atoms with Crippen molar-refractivity contribution in [1.29, 1.82) is 0 Å². The Morgan fingerprint density at radius 1 is 0.418 bits per heavy atom. The van der Waals surface area contributed by atoms with Gasteiger partial charge < -0.3 is 0 Å². The van der Waals surface area contributed by atoms with Gasteiger partial charge in [-0.05, 0) is 72.2 Å². The van der Waals surface area contributed by atoms with Gasteiger partial charge in [-0.1, -0.05) is 184 Å². The molecule has 0 amide bonds. The van der Waals surface area contributed by atoms with E-state index < -0.39 is 0 Å². The molecule has 0 bridgehead atoms. The third-order valence-electron chi connectivity index (χ3n) is 10.8. The van der Waals surface area contributed by atoms with Crippen LogP contribution >= 0.6 is 28.5 Å². The Kier molecular flexibility index (Phi) is 15.6. The topological polar surface area (TPSA) is 24.7 Å². The molecular weight excluding hydrogens is 847 g/mol. The van der Waals surface area contributed by atoms with E-state index in [0.29, 0.717) is 0 Å². The van der Waals surface area contributed by atoms with Gasteiger partial charge in [0.2, 0.25) is 0 Å². The standard InChI is InChI=1S/C50H52N2.2BrH.Ni/c1-33-29-45(35(3)41-21-13-9-14-22-41)49(46(30-33)36(4)42-23-15-10-16-24-42)51-39(7)40(8)52-50-47(37(5)43-25-17-11-18-26-43)31-34(2)32-48(50)38(6)44-27-19-12-20-28-44;;;/h9-32,35-38H,1-8H3;2*1H;/q;;;+2/p-2. The van der Waals surface area contributed by atoms with Crippen molar-refractivity contribution in [3.05, 3.63) is 201 Å². The molecule has 6 aromatic rings. The zero-order chi connectivity index (χ0) is 39.5. The van der Waals surface area contributed by atoms with Crippen molar-refractivity contribution in [3.63, 3.8) is 0 Å². The Hall–Kier alpha value is -3.89. The average molecular weight is 899 g/mol. The molecule has 0 saturated carbocycles. The predicted octanol–water partition coefficient (Wildman–Crippen LogP) is 15.5. The third-order valence-corrected chi connectivity index (χ3v) is 10.8. The summed E-state index contributed by atoms with van der Waals surface area (Å²) in [5.74, 6) is 0.668. The Bertz CT molecular complexity index is 1910. The first-order valence-electron chi connectivity index (χ1n) is 19.0. The first-order valence-corrected chi connectivity index (χ1v) is 23.8. The Morgan fingerprint density at radius 2 is 0.618 bits per heavy atom. The number of benzene rings is 6. The summed E-state index contributed by atoms with van der Waals surface area (Å²) in [5.41, 5.74) is 16.5. The van der Waals surface area contributed by atoms with E-state index in [1.807, 2.05) is 0 Å². The fourth-order valence-electron chi connectivity index (χ4n) is 7.43. The predicted molar refractivity (Wildman–Crippen MR) is 242 cm³/mol. The molecule has 4 atom stereocenters. The van der Waals surface area contributed by atoms with E-state index in [0.717, 1.165) is 22.8 Å². The SMILES string of the molecule is CC(=Nc1c(C(C)c2ccccc2)cc(C)cc1C(C)c1ccccc1)C(C)=Nc1c(C(C)c2ccccc2)cc(C)cc1C(C)c1ccccc1.[Br][Ni][Br]. The Labute approximate surface area is 350 Å². The normalized spacial score (nSPS) is 14.1. The van der Waals surface area contributed by atoms with E-state index in [2.05, 4.69) is 229 Å². The van der Waals surface area contributed by atoms with Crippen molar-refractivity contribution < 1.29 is 10.9 Å². The van der Waals surface area contributed by atoms with Crippen LogP contribution in [0.4, 0.5) is 11.4 Å². The third kappa shape index (κ3) is 10.7. The molecule has 0 heterocycles. The van der Waals surface area contributed by atoms with E-state index in [1.165, 1.54) is 66.5 Å². The molecular formula is C50H52Br2N2Ni. The number of hydrogen-bond donors (Lipinski definition) is 0. The van der Waals surface area contributed by atoms with Crippen LogP contribution in [0.5, 0.6) is 0 Å². The summed E-state index contributed by atoms with van der Waals surface area (Å²) in [7, 11) is 1.25. The van der Waals surface area contributed by atoms with Gasteiger partial charge >= 0.3 is 39.3 Å². The van der Waals surface area contributed by atoms with E-state index in [9.17, 15) is 0 Å². The molecule has 0 aliphatic carbocycles. The molecule has 0 radical (unpaired) electrons. The summed E-state index contributed by atoms with van der Waals surface area (Å²) in [5, 5.41) is 0. The molecule has 55 heavy (non-hydrogen) atoms. The van der Waals surface area contributed by atoms with Gasteiger partial charge in [0.1, 0.15) is 0 Å². The van der Waals surface area contributed by atoms with Crippen molar-refractivity contribution >= 4 is 51.2 Å². The van der Waals surface area contributed by atoms with E-state index in [4.69, 9.17) is 9.98 Å². The summed E-state index contributed by atoms with van der Waals surface area (Å²) in [6.45, 7) is 17.9. The second-order valence-electron chi connectivity index (χ2n) is 14.6. The van der Waals surface area contributed by atoms with Crippen LogP contribution in [-0.4, -0.2) is 11.4 Å². The molecule has 0 fully saturated rings. The van der Waals surface area contributed by atoms with E-state index >= 15 is 0 Å². The van der Waals surface area contributed by atoms with Gasteiger partial charge in [0.05, 0.1) is 22.8 Å². The molecule has 0 aromatic heterocycles. The van der Waals surface area contributed by atoms with Crippen LogP contribution in [0.2, 0.25) is 0 Å². The van der Waals surface area contributed by atoms with E-state index in [1.54, 1.807) is 0 Å². The molecule has 6 rings (SSSR count). The van der Waals surface area contributed by atoms with Crippen LogP contribution < -0.4 is 0 Å². The number of nitrogens with zero attached hydrogens (tertiary/aromatic N) is 2. The zero-order valence-electron chi connectivity index (χ0n) is 33.1. The quantitative estimate of drug-likeness (QED) is 0.0914. The van der Waals surface area contributed by atoms with Crippen molar-refractivity contribution in [1.82, 2.24) is 0 Å². The van der Waals surface area contributed by atoms with Crippen molar-refractivity contribution in [2.75, 3.05) is 0 Å². The summed E-state index contributed by atoms with van der Waals surface area (Å²) < 4.78 is 0. The molecule has 0 N–H and O–H groups in total. The van der Waals surface area contributed by atoms with Crippen LogP contribution in [0.1, 0.15) is 121 Å². The van der Waals surface area contributed by atoms with Gasteiger partial charge in [-0.3, -0.25) is 9.98 Å². The van der Waals surface area contributed by atoms with Gasteiger partial charge in [0, 0.05) is 23.7 Å². The number of hydrogen-bond acceptors (Lipinski definition) is 2. The van der Waals surface area contributed by atoms with Crippen molar-refractivity contribution in [3.8, 4) is 0 Å². The van der Waals surface area contributed by atoms with Gasteiger partial charge in [-0.2, -0.15) is 0 Å². The van der Waals surface area contributed by atoms with Crippen molar-refractivity contribution in [2.45, 2.75) is 79.1 Å². The minimum atomic E-state index is 0.167. The van der Waals surface area contributed by atoms with Crippen LogP contribution in [0.3, 0.4) is 0 Å². The number of rotatable bonds is 11. The Morgan fingerprint density at radius 3 is 0.818 bits per heavy atom. The molecule has 5 heteroatoms. The summed E-state index contributed by atoms with van der Waals surface area (Å²) in [4.78, 5) is 11.1. The fourth-order valence-corrected chi connectivity index (χ4v) is 7.43. The van der Waals surface area contributed by atoms with Crippen LogP contribution in [-0.2, 0) is 10.9 Å². The van der Waals surface area contributed by atoms with Crippen LogP contribution in [0.15, 0.2) is 156 Å². The second kappa shape index (κ2) is 20.3. The molecule has 4 unspecified atom stereocenters. The number of halogens is 2. The van der Waals surface area contributed by atoms with Gasteiger partial charge in [0.25, 0.3) is 0 Å². The molecule has 6 aromatic carbocycles. The first kappa shape index (κ1) is 42.3. The van der Waals surface area contributed by atoms with Crippen LogP contribution in [0.25, 0.3) is 0 Å². The molecule has 286 valence electrons. The fraction of sp³-hybridized carbons (Fsp3) is 0.240. The van der Waals surface area contributed by atoms with E-state index in [-0.39, 0.29) is 23.7 Å². The zero-order valence-corrected chi connectivity index (χ0v) is 37.3. The molecule has 0 aliphatic rings. The second-order valence-corrected chi connectivity index (χ2v) is 19.5. The maximum atomic E-state index is 5.56. The molecule has 2 nitrogen and oxygen atoms in total. The molecule has 0 saturated heterocycles. The Balaban J connectivity index is 0.00000187. The van der Waals surface area contributed by atoms with Crippen molar-refractivity contribution in [2.24, 2.45) is 9.98 Å². The average Bonchev–Trinajstić information content (AvgIpc) is 3.22. The first-order chi connectivity index (χ1) is 26.5.